The molecule has 176 valence electrons. The third kappa shape index (κ3) is 4.07. The Balaban J connectivity index is 1.21. The highest BCUT2D eigenvalue weighted by Gasteiger charge is 2.23. The second-order valence-corrected chi connectivity index (χ2v) is 8.86. The van der Waals surface area contributed by atoms with Crippen molar-refractivity contribution in [2.24, 2.45) is 0 Å². The zero-order valence-electron chi connectivity index (χ0n) is 19.4. The molecule has 3 aliphatic heterocycles. The standard InChI is InChI=1S/C25H29N7O2/c1-17-21(15-29-25-24(17)27-5-9-34-25)32-6-3-18-14-28-22(12-19(18)16-32)30-20-2-4-26-23(13-20)31-7-10-33-11-8-31/h2,4,12-15,27H,3,5-11,16H2,1H3,(H,26,28,30). The van der Waals surface area contributed by atoms with Crippen LogP contribution in [0.5, 0.6) is 5.88 Å². The average Bonchev–Trinajstić information content (AvgIpc) is 2.89. The minimum atomic E-state index is 0.657. The molecule has 0 spiro atoms. The van der Waals surface area contributed by atoms with Gasteiger partial charge in [0.05, 0.1) is 25.1 Å². The van der Waals surface area contributed by atoms with E-state index >= 15 is 0 Å². The number of fused-ring (bicyclic) bond motifs is 2. The minimum Gasteiger partial charge on any atom is -0.474 e. The number of pyridine rings is 3. The molecule has 1 saturated heterocycles. The summed E-state index contributed by atoms with van der Waals surface area (Å²) in [5.74, 6) is 2.51. The van der Waals surface area contributed by atoms with Gasteiger partial charge in [-0.25, -0.2) is 15.0 Å². The number of nitrogens with zero attached hydrogens (tertiary/aromatic N) is 5. The van der Waals surface area contributed by atoms with Crippen molar-refractivity contribution >= 4 is 28.7 Å². The summed E-state index contributed by atoms with van der Waals surface area (Å²) >= 11 is 0. The maximum Gasteiger partial charge on any atom is 0.237 e. The third-order valence-electron chi connectivity index (χ3n) is 6.71. The molecule has 34 heavy (non-hydrogen) atoms. The molecule has 6 rings (SSSR count). The lowest BCUT2D eigenvalue weighted by Gasteiger charge is -2.33. The van der Waals surface area contributed by atoms with Gasteiger partial charge in [0.2, 0.25) is 5.88 Å². The summed E-state index contributed by atoms with van der Waals surface area (Å²) in [6.07, 6.45) is 6.75. The summed E-state index contributed by atoms with van der Waals surface area (Å²) < 4.78 is 11.2. The summed E-state index contributed by atoms with van der Waals surface area (Å²) in [6.45, 7) is 8.58. The van der Waals surface area contributed by atoms with E-state index in [-0.39, 0.29) is 0 Å². The normalized spacial score (nSPS) is 17.3. The Hall–Kier alpha value is -3.59. The van der Waals surface area contributed by atoms with E-state index in [1.807, 2.05) is 24.7 Å². The first kappa shape index (κ1) is 21.0. The molecular weight excluding hydrogens is 430 g/mol. The van der Waals surface area contributed by atoms with Crippen LogP contribution in [0.3, 0.4) is 0 Å². The SMILES string of the molecule is Cc1c(N2CCc3cnc(Nc4ccnc(N5CCOCC5)c4)cc3C2)cnc2c1NCCO2. The van der Waals surface area contributed by atoms with Gasteiger partial charge in [0.1, 0.15) is 23.9 Å². The quantitative estimate of drug-likeness (QED) is 0.611. The summed E-state index contributed by atoms with van der Waals surface area (Å²) in [5, 5.41) is 6.92. The lowest BCUT2D eigenvalue weighted by Crippen LogP contribution is -2.36. The molecule has 9 nitrogen and oxygen atoms in total. The maximum atomic E-state index is 5.70. The van der Waals surface area contributed by atoms with E-state index in [0.29, 0.717) is 12.5 Å². The van der Waals surface area contributed by atoms with Crippen molar-refractivity contribution in [1.29, 1.82) is 0 Å². The second kappa shape index (κ2) is 8.98. The molecule has 0 aliphatic carbocycles. The van der Waals surface area contributed by atoms with Gasteiger partial charge < -0.3 is 29.9 Å². The van der Waals surface area contributed by atoms with Crippen molar-refractivity contribution in [3.63, 3.8) is 0 Å². The summed E-state index contributed by atoms with van der Waals surface area (Å²) in [5.41, 5.74) is 6.92. The Morgan fingerprint density at radius 3 is 2.79 bits per heavy atom. The lowest BCUT2D eigenvalue weighted by molar-refractivity contribution is 0.122. The van der Waals surface area contributed by atoms with Crippen LogP contribution < -0.4 is 25.2 Å². The van der Waals surface area contributed by atoms with Crippen molar-refractivity contribution < 1.29 is 9.47 Å². The number of hydrogen-bond donors (Lipinski definition) is 2. The fraction of sp³-hybridized carbons (Fsp3) is 0.400. The largest absolute Gasteiger partial charge is 0.474 e. The molecule has 0 unspecified atom stereocenters. The molecule has 3 aromatic heterocycles. The van der Waals surface area contributed by atoms with E-state index in [1.54, 1.807) is 0 Å². The van der Waals surface area contributed by atoms with E-state index in [9.17, 15) is 0 Å². The van der Waals surface area contributed by atoms with Gasteiger partial charge in [-0.05, 0) is 36.6 Å². The predicted molar refractivity (Wildman–Crippen MR) is 133 cm³/mol. The topological polar surface area (TPSA) is 87.7 Å². The van der Waals surface area contributed by atoms with Crippen LogP contribution in [0.25, 0.3) is 0 Å². The van der Waals surface area contributed by atoms with Crippen LogP contribution in [0.4, 0.5) is 28.7 Å². The molecule has 0 aromatic carbocycles. The first-order chi connectivity index (χ1) is 16.7. The monoisotopic (exact) mass is 459 g/mol. The minimum absolute atomic E-state index is 0.657. The zero-order valence-corrected chi connectivity index (χ0v) is 19.4. The van der Waals surface area contributed by atoms with Crippen molar-refractivity contribution in [1.82, 2.24) is 15.0 Å². The molecule has 1 fully saturated rings. The van der Waals surface area contributed by atoms with Crippen LogP contribution in [0.15, 0.2) is 36.8 Å². The van der Waals surface area contributed by atoms with E-state index in [1.165, 1.54) is 16.7 Å². The molecule has 0 atom stereocenters. The fourth-order valence-corrected chi connectivity index (χ4v) is 4.85. The number of morpholine rings is 1. The van der Waals surface area contributed by atoms with Gasteiger partial charge in [-0.1, -0.05) is 0 Å². The highest BCUT2D eigenvalue weighted by molar-refractivity contribution is 5.71. The van der Waals surface area contributed by atoms with Crippen LogP contribution in [0, 0.1) is 6.92 Å². The number of rotatable bonds is 4. The molecule has 3 aromatic rings. The van der Waals surface area contributed by atoms with Gasteiger partial charge >= 0.3 is 0 Å². The molecule has 0 saturated carbocycles. The number of nitrogens with one attached hydrogen (secondary N) is 2. The van der Waals surface area contributed by atoms with Crippen LogP contribution in [0.2, 0.25) is 0 Å². The van der Waals surface area contributed by atoms with E-state index < -0.39 is 0 Å². The fourth-order valence-electron chi connectivity index (χ4n) is 4.85. The van der Waals surface area contributed by atoms with E-state index in [0.717, 1.165) is 81.1 Å². The maximum absolute atomic E-state index is 5.70. The summed E-state index contributed by atoms with van der Waals surface area (Å²) in [7, 11) is 0. The molecule has 9 heteroatoms. The second-order valence-electron chi connectivity index (χ2n) is 8.86. The van der Waals surface area contributed by atoms with Crippen LogP contribution in [-0.2, 0) is 17.7 Å². The van der Waals surface area contributed by atoms with Gasteiger partial charge in [-0.3, -0.25) is 0 Å². The number of aromatic nitrogens is 3. The molecule has 3 aliphatic rings. The van der Waals surface area contributed by atoms with E-state index in [4.69, 9.17) is 9.47 Å². The smallest absolute Gasteiger partial charge is 0.237 e. The molecule has 0 radical (unpaired) electrons. The van der Waals surface area contributed by atoms with Crippen molar-refractivity contribution in [3.05, 3.63) is 53.5 Å². The molecule has 6 heterocycles. The molecule has 0 bridgehead atoms. The Kier molecular flexibility index (Phi) is 5.54. The summed E-state index contributed by atoms with van der Waals surface area (Å²) in [4.78, 5) is 18.4. The van der Waals surface area contributed by atoms with Gasteiger partial charge in [-0.2, -0.15) is 0 Å². The van der Waals surface area contributed by atoms with Gasteiger partial charge in [0, 0.05) is 62.4 Å². The van der Waals surface area contributed by atoms with Crippen molar-refractivity contribution in [2.45, 2.75) is 19.9 Å². The van der Waals surface area contributed by atoms with Crippen LogP contribution in [0.1, 0.15) is 16.7 Å². The molecular formula is C25H29N7O2. The van der Waals surface area contributed by atoms with Gasteiger partial charge in [-0.15, -0.1) is 0 Å². The number of anilines is 5. The first-order valence-electron chi connectivity index (χ1n) is 11.9. The summed E-state index contributed by atoms with van der Waals surface area (Å²) in [6, 6.07) is 6.23. The first-order valence-corrected chi connectivity index (χ1v) is 11.9. The van der Waals surface area contributed by atoms with Crippen molar-refractivity contribution in [3.8, 4) is 5.88 Å². The van der Waals surface area contributed by atoms with Gasteiger partial charge in [0.25, 0.3) is 0 Å². The zero-order chi connectivity index (χ0) is 22.9. The van der Waals surface area contributed by atoms with E-state index in [2.05, 4.69) is 54.4 Å². The Morgan fingerprint density at radius 1 is 0.971 bits per heavy atom. The lowest BCUT2D eigenvalue weighted by atomic mass is 10.0. The Bertz CT molecular complexity index is 1200. The molecule has 2 N–H and O–H groups in total. The van der Waals surface area contributed by atoms with Crippen LogP contribution in [-0.4, -0.2) is 61.0 Å². The van der Waals surface area contributed by atoms with Crippen LogP contribution >= 0.6 is 0 Å². The van der Waals surface area contributed by atoms with Gasteiger partial charge in [0.15, 0.2) is 0 Å². The van der Waals surface area contributed by atoms with Crippen molar-refractivity contribution in [2.75, 3.05) is 66.4 Å². The Morgan fingerprint density at radius 2 is 1.88 bits per heavy atom. The number of hydrogen-bond acceptors (Lipinski definition) is 9. The average molecular weight is 460 g/mol. The highest BCUT2D eigenvalue weighted by Crippen LogP contribution is 2.36. The Labute approximate surface area is 199 Å². The third-order valence-corrected chi connectivity index (χ3v) is 6.71. The molecule has 0 amide bonds. The highest BCUT2D eigenvalue weighted by atomic mass is 16.5. The predicted octanol–water partition coefficient (Wildman–Crippen LogP) is 3.13. The number of ether oxygens (including phenoxy) is 2.